The van der Waals surface area contributed by atoms with Crippen LogP contribution in [0.4, 0.5) is 4.79 Å². The Hall–Kier alpha value is -1.56. The molecule has 1 amide bonds. The van der Waals surface area contributed by atoms with Crippen molar-refractivity contribution >= 4 is 12.1 Å². The third-order valence-electron chi connectivity index (χ3n) is 3.50. The summed E-state index contributed by atoms with van der Waals surface area (Å²) >= 11 is 0. The number of allylic oxidation sites excluding steroid dienone is 1. The fraction of sp³-hybridized carbons (Fsp3) is 0.733. The molecule has 0 aromatic heterocycles. The van der Waals surface area contributed by atoms with Gasteiger partial charge in [0.25, 0.3) is 0 Å². The molecule has 0 aliphatic heterocycles. The van der Waals surface area contributed by atoms with Crippen LogP contribution in [0.2, 0.25) is 0 Å². The van der Waals surface area contributed by atoms with Gasteiger partial charge in [0.2, 0.25) is 0 Å². The van der Waals surface area contributed by atoms with Gasteiger partial charge in [0.1, 0.15) is 12.1 Å². The molecule has 1 unspecified atom stereocenters. The van der Waals surface area contributed by atoms with Crippen molar-refractivity contribution in [2.45, 2.75) is 63.5 Å². The molecule has 6 heteroatoms. The molecule has 6 nitrogen and oxygen atoms in total. The Morgan fingerprint density at radius 1 is 1.33 bits per heavy atom. The number of unbranched alkanes of at least 4 members (excludes halogenated alkanes) is 1. The van der Waals surface area contributed by atoms with E-state index in [1.54, 1.807) is 0 Å². The second kappa shape index (κ2) is 10.2. The topological polar surface area (TPSA) is 102 Å². The smallest absolute Gasteiger partial charge is 0.407 e. The van der Waals surface area contributed by atoms with Gasteiger partial charge >= 0.3 is 12.1 Å². The largest absolute Gasteiger partial charge is 0.480 e. The van der Waals surface area contributed by atoms with Gasteiger partial charge in [-0.05, 0) is 51.0 Å². The summed E-state index contributed by atoms with van der Waals surface area (Å²) < 4.78 is 5.34. The van der Waals surface area contributed by atoms with E-state index in [-0.39, 0.29) is 6.10 Å². The first kappa shape index (κ1) is 17.5. The van der Waals surface area contributed by atoms with E-state index in [0.29, 0.717) is 25.8 Å². The van der Waals surface area contributed by atoms with Crippen molar-refractivity contribution in [2.75, 3.05) is 6.54 Å². The Labute approximate surface area is 125 Å². The third kappa shape index (κ3) is 8.34. The van der Waals surface area contributed by atoms with Crippen LogP contribution in [0, 0.1) is 0 Å². The van der Waals surface area contributed by atoms with Crippen LogP contribution >= 0.6 is 0 Å². The zero-order chi connectivity index (χ0) is 15.5. The van der Waals surface area contributed by atoms with E-state index in [2.05, 4.69) is 11.4 Å². The summed E-state index contributed by atoms with van der Waals surface area (Å²) in [6, 6.07) is -0.822. The Kier molecular flexibility index (Phi) is 8.50. The number of aliphatic carboxylic acids is 1. The fourth-order valence-electron chi connectivity index (χ4n) is 2.21. The molecule has 0 bridgehead atoms. The summed E-state index contributed by atoms with van der Waals surface area (Å²) in [5.41, 5.74) is 5.39. The minimum absolute atomic E-state index is 0.134. The number of rotatable bonds is 7. The van der Waals surface area contributed by atoms with Crippen molar-refractivity contribution in [3.8, 4) is 0 Å². The van der Waals surface area contributed by atoms with Gasteiger partial charge in [0, 0.05) is 6.54 Å². The number of carbonyl (C=O) groups excluding carboxylic acids is 1. The molecule has 0 radical (unpaired) electrons. The second-order valence-electron chi connectivity index (χ2n) is 5.38. The number of carbonyl (C=O) groups is 2. The van der Waals surface area contributed by atoms with E-state index in [1.165, 1.54) is 12.8 Å². The number of nitrogens with one attached hydrogen (secondary N) is 1. The first-order chi connectivity index (χ1) is 10.1. The Balaban J connectivity index is 2.10. The monoisotopic (exact) mass is 298 g/mol. The lowest BCUT2D eigenvalue weighted by Crippen LogP contribution is -2.31. The Morgan fingerprint density at radius 3 is 2.90 bits per heavy atom. The first-order valence-electron chi connectivity index (χ1n) is 7.69. The quantitative estimate of drug-likeness (QED) is 0.494. The number of hydrogen-bond donors (Lipinski definition) is 3. The maximum atomic E-state index is 11.6. The number of alkyl carbamates (subject to hydrolysis) is 1. The second-order valence-corrected chi connectivity index (χ2v) is 5.38. The number of nitrogens with two attached hydrogens (primary N) is 1. The zero-order valence-corrected chi connectivity index (χ0v) is 12.4. The Morgan fingerprint density at radius 2 is 2.14 bits per heavy atom. The lowest BCUT2D eigenvalue weighted by atomic mass is 10.0. The lowest BCUT2D eigenvalue weighted by molar-refractivity contribution is -0.138. The number of hydrogen-bond acceptors (Lipinski definition) is 4. The number of carboxylic acids is 1. The highest BCUT2D eigenvalue weighted by Gasteiger charge is 2.13. The molecule has 2 atom stereocenters. The molecule has 0 aromatic rings. The van der Waals surface area contributed by atoms with Crippen LogP contribution in [-0.4, -0.2) is 35.9 Å². The molecule has 1 rings (SSSR count). The van der Waals surface area contributed by atoms with Gasteiger partial charge in [0.15, 0.2) is 0 Å². The van der Waals surface area contributed by atoms with Crippen molar-refractivity contribution in [1.82, 2.24) is 5.32 Å². The Bertz CT molecular complexity index is 358. The minimum Gasteiger partial charge on any atom is -0.480 e. The van der Waals surface area contributed by atoms with E-state index >= 15 is 0 Å². The molecule has 0 spiro atoms. The van der Waals surface area contributed by atoms with Gasteiger partial charge in [-0.1, -0.05) is 12.5 Å². The number of ether oxygens (including phenoxy) is 1. The predicted molar refractivity (Wildman–Crippen MR) is 80.0 cm³/mol. The lowest BCUT2D eigenvalue weighted by Gasteiger charge is -2.16. The van der Waals surface area contributed by atoms with Crippen molar-refractivity contribution in [3.05, 3.63) is 12.2 Å². The van der Waals surface area contributed by atoms with E-state index in [9.17, 15) is 9.59 Å². The highest BCUT2D eigenvalue weighted by atomic mass is 16.6. The summed E-state index contributed by atoms with van der Waals surface area (Å²) in [6.07, 6.45) is 10.6. The molecular formula is C15H26N2O4. The highest BCUT2D eigenvalue weighted by molar-refractivity contribution is 5.72. The summed E-state index contributed by atoms with van der Waals surface area (Å²) in [4.78, 5) is 22.2. The molecule has 4 N–H and O–H groups in total. The van der Waals surface area contributed by atoms with Crippen LogP contribution < -0.4 is 11.1 Å². The van der Waals surface area contributed by atoms with Crippen LogP contribution in [0.3, 0.4) is 0 Å². The molecule has 0 aromatic carbocycles. The molecular weight excluding hydrogens is 272 g/mol. The van der Waals surface area contributed by atoms with E-state index in [4.69, 9.17) is 15.6 Å². The molecule has 21 heavy (non-hydrogen) atoms. The van der Waals surface area contributed by atoms with Crippen molar-refractivity contribution in [1.29, 1.82) is 0 Å². The third-order valence-corrected chi connectivity index (χ3v) is 3.50. The van der Waals surface area contributed by atoms with Crippen LogP contribution in [0.5, 0.6) is 0 Å². The van der Waals surface area contributed by atoms with E-state index < -0.39 is 18.1 Å². The minimum atomic E-state index is -0.988. The fourth-order valence-corrected chi connectivity index (χ4v) is 2.21. The summed E-state index contributed by atoms with van der Waals surface area (Å²) in [7, 11) is 0. The van der Waals surface area contributed by atoms with Crippen molar-refractivity contribution in [3.63, 3.8) is 0 Å². The van der Waals surface area contributed by atoms with Gasteiger partial charge < -0.3 is 20.9 Å². The summed E-state index contributed by atoms with van der Waals surface area (Å²) in [6.45, 7) is 0.474. The molecule has 1 aliphatic carbocycles. The van der Waals surface area contributed by atoms with Crippen molar-refractivity contribution in [2.24, 2.45) is 5.73 Å². The molecule has 120 valence electrons. The molecule has 0 fully saturated rings. The molecule has 1 aliphatic rings. The average Bonchev–Trinajstić information content (AvgIpc) is 2.41. The van der Waals surface area contributed by atoms with Crippen LogP contribution in [0.25, 0.3) is 0 Å². The first-order valence-corrected chi connectivity index (χ1v) is 7.69. The summed E-state index contributed by atoms with van der Waals surface area (Å²) in [5.74, 6) is -0.988. The van der Waals surface area contributed by atoms with Gasteiger partial charge in [-0.25, -0.2) is 4.79 Å². The average molecular weight is 298 g/mol. The van der Waals surface area contributed by atoms with E-state index in [1.807, 2.05) is 6.08 Å². The van der Waals surface area contributed by atoms with Gasteiger partial charge in [-0.2, -0.15) is 0 Å². The molecule has 0 heterocycles. The maximum absolute atomic E-state index is 11.6. The van der Waals surface area contributed by atoms with Gasteiger partial charge in [-0.3, -0.25) is 4.79 Å². The van der Waals surface area contributed by atoms with Gasteiger partial charge in [-0.15, -0.1) is 0 Å². The van der Waals surface area contributed by atoms with Crippen molar-refractivity contribution < 1.29 is 19.4 Å². The standard InChI is InChI=1S/C15H26N2O4/c16-13(14(18)19)10-6-7-11-17-15(20)21-12-8-4-2-1-3-5-9-12/h4,8,12-13H,1-3,5-7,9-11,16H2,(H,17,20)(H,18,19)/t12?,13-/m0/s1. The number of carboxylic acid groups (broad SMARTS) is 1. The molecule has 0 saturated carbocycles. The summed E-state index contributed by atoms with van der Waals surface area (Å²) in [5, 5.41) is 11.3. The van der Waals surface area contributed by atoms with Crippen LogP contribution in [0.1, 0.15) is 51.4 Å². The van der Waals surface area contributed by atoms with E-state index in [0.717, 1.165) is 19.3 Å². The molecule has 0 saturated heterocycles. The van der Waals surface area contributed by atoms with Gasteiger partial charge in [0.05, 0.1) is 0 Å². The normalized spacial score (nSPS) is 20.1. The van der Waals surface area contributed by atoms with Crippen LogP contribution in [0.15, 0.2) is 12.2 Å². The highest BCUT2D eigenvalue weighted by Crippen LogP contribution is 2.14. The number of amides is 1. The van der Waals surface area contributed by atoms with Crippen LogP contribution in [-0.2, 0) is 9.53 Å². The maximum Gasteiger partial charge on any atom is 0.407 e. The predicted octanol–water partition coefficient (Wildman–Crippen LogP) is 2.18. The SMILES string of the molecule is N[C@@H](CCCCNC(=O)OC1C=CCCCCC1)C(=O)O. The zero-order valence-electron chi connectivity index (χ0n) is 12.4.